The fourth-order valence-electron chi connectivity index (χ4n) is 3.63. The molecule has 4 unspecified atom stereocenters. The van der Waals surface area contributed by atoms with Gasteiger partial charge in [0, 0.05) is 16.2 Å². The van der Waals surface area contributed by atoms with Crippen LogP contribution in [0.15, 0.2) is 23.1 Å². The van der Waals surface area contributed by atoms with Gasteiger partial charge in [-0.05, 0) is 63.1 Å². The van der Waals surface area contributed by atoms with Crippen molar-refractivity contribution in [3.63, 3.8) is 0 Å². The molecule has 0 saturated heterocycles. The van der Waals surface area contributed by atoms with E-state index in [0.717, 1.165) is 18.4 Å². The van der Waals surface area contributed by atoms with Crippen LogP contribution in [0.4, 0.5) is 0 Å². The molecule has 1 saturated carbocycles. The predicted octanol–water partition coefficient (Wildman–Crippen LogP) is 5.20. The van der Waals surface area contributed by atoms with Gasteiger partial charge in [-0.15, -0.1) is 11.8 Å². The molecule has 4 atom stereocenters. The molecule has 1 nitrogen and oxygen atoms in total. The maximum atomic E-state index is 3.81. The first-order valence-corrected chi connectivity index (χ1v) is 9.36. The summed E-state index contributed by atoms with van der Waals surface area (Å²) in [6, 6.07) is 7.54. The van der Waals surface area contributed by atoms with Gasteiger partial charge in [-0.3, -0.25) is 0 Å². The Bertz CT molecular complexity index is 457. The van der Waals surface area contributed by atoms with Crippen LogP contribution >= 0.6 is 11.8 Å². The number of rotatable bonds is 5. The first kappa shape index (κ1) is 16.9. The number of aryl methyl sites for hydroxylation is 2. The Morgan fingerprint density at radius 2 is 1.95 bits per heavy atom. The number of benzene rings is 1. The molecule has 1 aromatic rings. The summed E-state index contributed by atoms with van der Waals surface area (Å²) < 4.78 is 0. The Kier molecular flexibility index (Phi) is 6.19. The van der Waals surface area contributed by atoms with E-state index in [0.29, 0.717) is 11.3 Å². The zero-order chi connectivity index (χ0) is 15.4. The molecule has 2 heteroatoms. The molecule has 0 radical (unpaired) electrons. The maximum absolute atomic E-state index is 3.81. The van der Waals surface area contributed by atoms with E-state index in [1.165, 1.54) is 35.3 Å². The molecule has 118 valence electrons. The Balaban J connectivity index is 2.13. The van der Waals surface area contributed by atoms with E-state index in [-0.39, 0.29) is 0 Å². The van der Waals surface area contributed by atoms with Gasteiger partial charge in [-0.25, -0.2) is 0 Å². The van der Waals surface area contributed by atoms with Crippen molar-refractivity contribution in [1.82, 2.24) is 5.32 Å². The van der Waals surface area contributed by atoms with Crippen molar-refractivity contribution in [2.45, 2.75) is 70.1 Å². The predicted molar refractivity (Wildman–Crippen MR) is 95.2 cm³/mol. The molecule has 0 aromatic heterocycles. The molecule has 1 aliphatic carbocycles. The quantitative estimate of drug-likeness (QED) is 0.802. The molecular formula is C19H31NS. The highest BCUT2D eigenvalue weighted by atomic mass is 32.2. The summed E-state index contributed by atoms with van der Waals surface area (Å²) in [7, 11) is 0. The largest absolute Gasteiger partial charge is 0.313 e. The van der Waals surface area contributed by atoms with E-state index >= 15 is 0 Å². The van der Waals surface area contributed by atoms with Crippen molar-refractivity contribution in [3.8, 4) is 0 Å². The molecule has 0 bridgehead atoms. The zero-order valence-corrected chi connectivity index (χ0v) is 15.1. The zero-order valence-electron chi connectivity index (χ0n) is 14.3. The van der Waals surface area contributed by atoms with Crippen molar-refractivity contribution in [3.05, 3.63) is 29.3 Å². The summed E-state index contributed by atoms with van der Waals surface area (Å²) in [6.45, 7) is 12.7. The van der Waals surface area contributed by atoms with Crippen molar-refractivity contribution in [1.29, 1.82) is 0 Å². The van der Waals surface area contributed by atoms with Gasteiger partial charge in [-0.2, -0.15) is 0 Å². The lowest BCUT2D eigenvalue weighted by Crippen LogP contribution is -2.46. The third-order valence-corrected chi connectivity index (χ3v) is 6.42. The first-order chi connectivity index (χ1) is 10.0. The van der Waals surface area contributed by atoms with Gasteiger partial charge < -0.3 is 5.32 Å². The normalized spacial score (nSPS) is 29.6. The van der Waals surface area contributed by atoms with Gasteiger partial charge in [0.15, 0.2) is 0 Å². The second kappa shape index (κ2) is 7.69. The van der Waals surface area contributed by atoms with Crippen LogP contribution in [0.3, 0.4) is 0 Å². The lowest BCUT2D eigenvalue weighted by molar-refractivity contribution is 0.249. The molecule has 1 fully saturated rings. The topological polar surface area (TPSA) is 12.0 Å². The highest BCUT2D eigenvalue weighted by Gasteiger charge is 2.34. The van der Waals surface area contributed by atoms with Gasteiger partial charge in [0.25, 0.3) is 0 Å². The van der Waals surface area contributed by atoms with Gasteiger partial charge in [0.05, 0.1) is 0 Å². The smallest absolute Gasteiger partial charge is 0.0274 e. The van der Waals surface area contributed by atoms with Crippen molar-refractivity contribution < 1.29 is 0 Å². The van der Waals surface area contributed by atoms with Crippen LogP contribution in [-0.2, 0) is 0 Å². The minimum atomic E-state index is 0.661. The highest BCUT2D eigenvalue weighted by molar-refractivity contribution is 8.00. The molecule has 2 rings (SSSR count). The average Bonchev–Trinajstić information content (AvgIpc) is 2.42. The molecule has 0 aliphatic heterocycles. The molecule has 21 heavy (non-hydrogen) atoms. The van der Waals surface area contributed by atoms with Crippen molar-refractivity contribution in [2.24, 2.45) is 11.8 Å². The van der Waals surface area contributed by atoms with Crippen LogP contribution in [0.5, 0.6) is 0 Å². The lowest BCUT2D eigenvalue weighted by atomic mass is 9.80. The first-order valence-electron chi connectivity index (χ1n) is 8.48. The number of thioether (sulfide) groups is 1. The summed E-state index contributed by atoms with van der Waals surface area (Å²) in [4.78, 5) is 1.47. The van der Waals surface area contributed by atoms with Crippen LogP contribution in [0.25, 0.3) is 0 Å². The van der Waals surface area contributed by atoms with Crippen LogP contribution in [0, 0.1) is 25.7 Å². The highest BCUT2D eigenvalue weighted by Crippen LogP contribution is 2.40. The van der Waals surface area contributed by atoms with E-state index in [4.69, 9.17) is 0 Å². The van der Waals surface area contributed by atoms with Crippen LogP contribution in [0.1, 0.15) is 51.2 Å². The van der Waals surface area contributed by atoms with Gasteiger partial charge in [0.1, 0.15) is 0 Å². The maximum Gasteiger partial charge on any atom is 0.0274 e. The monoisotopic (exact) mass is 305 g/mol. The Hall–Kier alpha value is -0.470. The Morgan fingerprint density at radius 3 is 2.62 bits per heavy atom. The van der Waals surface area contributed by atoms with E-state index in [9.17, 15) is 0 Å². The number of hydrogen-bond donors (Lipinski definition) is 1. The summed E-state index contributed by atoms with van der Waals surface area (Å²) in [5.41, 5.74) is 2.79. The van der Waals surface area contributed by atoms with E-state index in [1.807, 2.05) is 0 Å². The molecule has 1 aliphatic rings. The number of nitrogens with one attached hydrogen (secondary N) is 1. The fraction of sp³-hybridized carbons (Fsp3) is 0.684. The third-order valence-electron chi connectivity index (χ3n) is 4.64. The van der Waals surface area contributed by atoms with Gasteiger partial charge in [0.2, 0.25) is 0 Å². The second-order valence-electron chi connectivity index (χ2n) is 6.97. The Morgan fingerprint density at radius 1 is 1.19 bits per heavy atom. The summed E-state index contributed by atoms with van der Waals surface area (Å²) >= 11 is 2.11. The summed E-state index contributed by atoms with van der Waals surface area (Å²) in [5.74, 6) is 1.64. The van der Waals surface area contributed by atoms with Crippen LogP contribution in [0.2, 0.25) is 0 Å². The van der Waals surface area contributed by atoms with Gasteiger partial charge in [-0.1, -0.05) is 38.5 Å². The molecule has 0 amide bonds. The van der Waals surface area contributed by atoms with Crippen molar-refractivity contribution in [2.75, 3.05) is 6.54 Å². The van der Waals surface area contributed by atoms with Crippen molar-refractivity contribution >= 4 is 11.8 Å². The lowest BCUT2D eigenvalue weighted by Gasteiger charge is -2.40. The molecule has 0 spiro atoms. The van der Waals surface area contributed by atoms with E-state index < -0.39 is 0 Å². The SMILES string of the molecule is CCCNC1CC(C)CC(C)C1Sc1ccc(C)cc1C. The fourth-order valence-corrected chi connectivity index (χ4v) is 5.03. The third kappa shape index (κ3) is 4.50. The summed E-state index contributed by atoms with van der Waals surface area (Å²) in [6.07, 6.45) is 3.92. The second-order valence-corrected chi connectivity index (χ2v) is 8.19. The van der Waals surface area contributed by atoms with E-state index in [1.54, 1.807) is 0 Å². The molecule has 1 N–H and O–H groups in total. The standard InChI is InChI=1S/C19H31NS/c1-6-9-20-17-12-14(3)11-16(5)19(17)21-18-8-7-13(2)10-15(18)4/h7-8,10,14,16-17,19-20H,6,9,11-12H2,1-5H3. The minimum Gasteiger partial charge on any atom is -0.313 e. The molecule has 1 aromatic carbocycles. The van der Waals surface area contributed by atoms with E-state index in [2.05, 4.69) is 69.9 Å². The number of hydrogen-bond acceptors (Lipinski definition) is 2. The molecule has 0 heterocycles. The minimum absolute atomic E-state index is 0.661. The van der Waals surface area contributed by atoms with Crippen LogP contribution < -0.4 is 5.32 Å². The van der Waals surface area contributed by atoms with Gasteiger partial charge >= 0.3 is 0 Å². The van der Waals surface area contributed by atoms with Crippen LogP contribution in [-0.4, -0.2) is 17.8 Å². The summed E-state index contributed by atoms with van der Waals surface area (Å²) in [5, 5.41) is 4.52. The average molecular weight is 306 g/mol. The molecular weight excluding hydrogens is 274 g/mol. The Labute approximate surface area is 135 Å².